The number of para-hydroxylation sites is 1. The van der Waals surface area contributed by atoms with E-state index >= 15 is 0 Å². The van der Waals surface area contributed by atoms with Gasteiger partial charge in [0.05, 0.1) is 37.5 Å². The Bertz CT molecular complexity index is 867. The number of fused-ring (bicyclic) bond motifs is 5. The molecule has 4 rings (SSSR count). The fraction of sp³-hybridized carbons (Fsp3) is 0.524. The SMILES string of the molecule is C.COC(=O)CCC(=O)OC1C(OC)C2OC1C1C(=O)N(c3ccccc3)C(=O)C21.S=S. The van der Waals surface area contributed by atoms with Crippen LogP contribution in [0.4, 0.5) is 5.69 Å². The lowest BCUT2D eigenvalue weighted by Gasteiger charge is -2.31. The van der Waals surface area contributed by atoms with Crippen LogP contribution in [0.25, 0.3) is 0 Å². The lowest BCUT2D eigenvalue weighted by Crippen LogP contribution is -2.50. The first-order valence-electron chi connectivity index (χ1n) is 9.52. The third-order valence-corrected chi connectivity index (χ3v) is 5.71. The predicted molar refractivity (Wildman–Crippen MR) is 118 cm³/mol. The molecule has 6 atom stereocenters. The Hall–Kier alpha value is -2.34. The summed E-state index contributed by atoms with van der Waals surface area (Å²) in [4.78, 5) is 50.6. The molecule has 3 aliphatic heterocycles. The molecule has 3 heterocycles. The molecule has 3 saturated heterocycles. The number of ether oxygens (including phenoxy) is 4. The molecule has 9 nitrogen and oxygen atoms in total. The summed E-state index contributed by atoms with van der Waals surface area (Å²) in [6.07, 6.45) is -3.23. The van der Waals surface area contributed by atoms with Crippen molar-refractivity contribution in [2.45, 2.75) is 44.7 Å². The van der Waals surface area contributed by atoms with E-state index in [2.05, 4.69) is 27.1 Å². The second-order valence-electron chi connectivity index (χ2n) is 7.20. The van der Waals surface area contributed by atoms with E-state index in [1.54, 1.807) is 30.3 Å². The van der Waals surface area contributed by atoms with E-state index in [9.17, 15) is 19.2 Å². The molecule has 11 heteroatoms. The Kier molecular flexibility index (Phi) is 8.90. The van der Waals surface area contributed by atoms with Crippen LogP contribution in [-0.2, 0) is 60.5 Å². The molecule has 32 heavy (non-hydrogen) atoms. The van der Waals surface area contributed by atoms with Crippen LogP contribution in [-0.4, -0.2) is 62.4 Å². The van der Waals surface area contributed by atoms with Gasteiger partial charge in [-0.3, -0.25) is 19.2 Å². The molecule has 0 aromatic heterocycles. The average Bonchev–Trinajstić information content (AvgIpc) is 3.43. The molecule has 0 aliphatic carbocycles. The lowest BCUT2D eigenvalue weighted by molar-refractivity contribution is -0.162. The number of anilines is 1. The fourth-order valence-corrected chi connectivity index (χ4v) is 4.44. The summed E-state index contributed by atoms with van der Waals surface area (Å²) in [6, 6.07) is 8.68. The normalized spacial score (nSPS) is 29.5. The summed E-state index contributed by atoms with van der Waals surface area (Å²) in [5, 5.41) is 0. The zero-order valence-corrected chi connectivity index (χ0v) is 18.4. The van der Waals surface area contributed by atoms with Gasteiger partial charge < -0.3 is 18.9 Å². The number of hydrogen-bond donors (Lipinski definition) is 0. The number of methoxy groups -OCH3 is 2. The zero-order chi connectivity index (χ0) is 22.7. The Morgan fingerprint density at radius 2 is 1.47 bits per heavy atom. The fourth-order valence-electron chi connectivity index (χ4n) is 4.44. The average molecular weight is 484 g/mol. The smallest absolute Gasteiger partial charge is 0.306 e. The highest BCUT2D eigenvalue weighted by Crippen LogP contribution is 2.51. The van der Waals surface area contributed by atoms with Gasteiger partial charge in [-0.2, -0.15) is 0 Å². The van der Waals surface area contributed by atoms with Crippen LogP contribution < -0.4 is 4.90 Å². The molecule has 1 aromatic carbocycles. The van der Waals surface area contributed by atoms with Crippen LogP contribution in [0.5, 0.6) is 0 Å². The first-order valence-corrected chi connectivity index (χ1v) is 10.9. The van der Waals surface area contributed by atoms with Gasteiger partial charge in [-0.05, 0) is 12.1 Å². The van der Waals surface area contributed by atoms with Crippen molar-refractivity contribution in [1.29, 1.82) is 0 Å². The summed E-state index contributed by atoms with van der Waals surface area (Å²) in [5.41, 5.74) is 0.497. The molecule has 6 unspecified atom stereocenters. The number of esters is 2. The molecule has 3 fully saturated rings. The maximum absolute atomic E-state index is 13.1. The van der Waals surface area contributed by atoms with Gasteiger partial charge in [0.15, 0.2) is 6.10 Å². The molecule has 174 valence electrons. The van der Waals surface area contributed by atoms with Gasteiger partial charge in [-0.25, -0.2) is 4.90 Å². The van der Waals surface area contributed by atoms with Crippen LogP contribution in [0.15, 0.2) is 30.3 Å². The van der Waals surface area contributed by atoms with E-state index in [1.165, 1.54) is 19.1 Å². The Morgan fingerprint density at radius 3 is 2.00 bits per heavy atom. The Balaban J connectivity index is 0.00000118. The monoisotopic (exact) mass is 483 g/mol. The van der Waals surface area contributed by atoms with E-state index in [-0.39, 0.29) is 32.1 Å². The van der Waals surface area contributed by atoms with Crippen molar-refractivity contribution in [3.63, 3.8) is 0 Å². The van der Waals surface area contributed by atoms with Crippen molar-refractivity contribution in [2.24, 2.45) is 11.8 Å². The topological polar surface area (TPSA) is 108 Å². The maximum atomic E-state index is 13.1. The van der Waals surface area contributed by atoms with Gasteiger partial charge in [0, 0.05) is 29.5 Å². The highest BCUT2D eigenvalue weighted by Gasteiger charge is 2.70. The first-order chi connectivity index (χ1) is 15.0. The molecule has 0 N–H and O–H groups in total. The van der Waals surface area contributed by atoms with Gasteiger partial charge in [-0.1, -0.05) is 25.6 Å². The number of rotatable bonds is 6. The van der Waals surface area contributed by atoms with Gasteiger partial charge in [0.1, 0.15) is 18.3 Å². The highest BCUT2D eigenvalue weighted by atomic mass is 32.8. The largest absolute Gasteiger partial charge is 0.469 e. The maximum Gasteiger partial charge on any atom is 0.306 e. The zero-order valence-electron chi connectivity index (χ0n) is 16.8. The van der Waals surface area contributed by atoms with Gasteiger partial charge in [0.2, 0.25) is 11.8 Å². The molecule has 3 aliphatic rings. The van der Waals surface area contributed by atoms with Crippen molar-refractivity contribution in [3.05, 3.63) is 30.3 Å². The standard InChI is InChI=1S/C20H21NO8.CH4.S2/c1-26-11(22)8-9-12(23)28-18-16-14-13(15(29-16)17(18)27-2)19(24)21(20(14)25)10-6-4-3-5-7-10;;1-2/h3-7,13-18H,8-9H2,1-2H3;1H4;. The van der Waals surface area contributed by atoms with Crippen molar-refractivity contribution < 1.29 is 38.1 Å². The first kappa shape index (κ1) is 25.9. The molecule has 0 saturated carbocycles. The third kappa shape index (κ3) is 4.42. The summed E-state index contributed by atoms with van der Waals surface area (Å²) < 4.78 is 21.3. The van der Waals surface area contributed by atoms with Crippen LogP contribution in [0.2, 0.25) is 0 Å². The summed E-state index contributed by atoms with van der Waals surface area (Å²) in [5.74, 6) is -3.27. The Labute approximate surface area is 196 Å². The quantitative estimate of drug-likeness (QED) is 0.431. The number of amides is 2. The van der Waals surface area contributed by atoms with Gasteiger partial charge >= 0.3 is 11.9 Å². The molecule has 2 amide bonds. The van der Waals surface area contributed by atoms with E-state index in [4.69, 9.17) is 14.2 Å². The van der Waals surface area contributed by atoms with E-state index in [0.717, 1.165) is 0 Å². The van der Waals surface area contributed by atoms with Crippen molar-refractivity contribution in [3.8, 4) is 0 Å². The molecular formula is C21H25NO8S2. The molecular weight excluding hydrogens is 458 g/mol. The number of benzene rings is 1. The minimum atomic E-state index is -0.830. The van der Waals surface area contributed by atoms with Crippen LogP contribution in [0, 0.1) is 11.8 Å². The van der Waals surface area contributed by atoms with E-state index < -0.39 is 48.2 Å². The van der Waals surface area contributed by atoms with E-state index in [0.29, 0.717) is 5.69 Å². The summed E-state index contributed by atoms with van der Waals surface area (Å²) in [6.45, 7) is 0. The Morgan fingerprint density at radius 1 is 0.938 bits per heavy atom. The second kappa shape index (κ2) is 11.0. The molecule has 0 radical (unpaired) electrons. The molecule has 0 spiro atoms. The number of hydrogen-bond acceptors (Lipinski definition) is 10. The second-order valence-corrected chi connectivity index (χ2v) is 7.20. The number of imide groups is 1. The van der Waals surface area contributed by atoms with Crippen molar-refractivity contribution in [2.75, 3.05) is 19.1 Å². The number of carbonyl (C=O) groups is 4. The summed E-state index contributed by atoms with van der Waals surface area (Å²) in [7, 11) is 2.68. The highest BCUT2D eigenvalue weighted by molar-refractivity contribution is 8.07. The molecule has 2 bridgehead atoms. The third-order valence-electron chi connectivity index (χ3n) is 5.71. The summed E-state index contributed by atoms with van der Waals surface area (Å²) >= 11 is 7.33. The van der Waals surface area contributed by atoms with Gasteiger partial charge in [-0.15, -0.1) is 0 Å². The number of carbonyl (C=O) groups excluding carboxylic acids is 4. The number of nitrogens with zero attached hydrogens (tertiary/aromatic N) is 1. The van der Waals surface area contributed by atoms with E-state index in [1.807, 2.05) is 0 Å². The van der Waals surface area contributed by atoms with Crippen LogP contribution in [0.1, 0.15) is 20.3 Å². The van der Waals surface area contributed by atoms with Crippen molar-refractivity contribution >= 4 is 51.8 Å². The van der Waals surface area contributed by atoms with Crippen LogP contribution >= 0.6 is 0 Å². The minimum Gasteiger partial charge on any atom is -0.469 e. The molecule has 1 aromatic rings. The van der Waals surface area contributed by atoms with Gasteiger partial charge in [0.25, 0.3) is 0 Å². The lowest BCUT2D eigenvalue weighted by atomic mass is 9.78. The minimum absolute atomic E-state index is 0. The predicted octanol–water partition coefficient (Wildman–Crippen LogP) is 1.08. The van der Waals surface area contributed by atoms with Crippen LogP contribution in [0.3, 0.4) is 0 Å². The van der Waals surface area contributed by atoms with Crippen molar-refractivity contribution in [1.82, 2.24) is 0 Å².